The third-order valence-corrected chi connectivity index (χ3v) is 7.85. The molecule has 0 bridgehead atoms. The summed E-state index contributed by atoms with van der Waals surface area (Å²) < 4.78 is 78.9. The highest BCUT2D eigenvalue weighted by molar-refractivity contribution is 7.80. The van der Waals surface area contributed by atoms with E-state index in [-0.39, 0.29) is 41.3 Å². The van der Waals surface area contributed by atoms with E-state index < -0.39 is 34.6 Å². The number of aliphatic hydroxyl groups excluding tert-OH is 1. The van der Waals surface area contributed by atoms with Crippen molar-refractivity contribution in [1.82, 2.24) is 0 Å². The van der Waals surface area contributed by atoms with Gasteiger partial charge in [-0.2, -0.15) is 8.42 Å². The predicted octanol–water partition coefficient (Wildman–Crippen LogP) is 3.50. The van der Waals surface area contributed by atoms with Gasteiger partial charge in [-0.25, -0.2) is 4.18 Å². The summed E-state index contributed by atoms with van der Waals surface area (Å²) in [7, 11) is -5.25. The van der Waals surface area contributed by atoms with Gasteiger partial charge in [0.05, 0.1) is 13.6 Å². The van der Waals surface area contributed by atoms with Gasteiger partial charge in [0.2, 0.25) is 0 Å². The quantitative estimate of drug-likeness (QED) is 0.570. The number of allylic oxidation sites excluding steroid dienone is 1. The van der Waals surface area contributed by atoms with E-state index in [1.807, 2.05) is 6.92 Å². The van der Waals surface area contributed by atoms with Crippen LogP contribution >= 0.6 is 0 Å². The van der Waals surface area contributed by atoms with E-state index in [1.54, 1.807) is 6.08 Å². The highest BCUT2D eigenvalue weighted by Crippen LogP contribution is 2.64. The second-order valence-corrected chi connectivity index (χ2v) is 9.63. The van der Waals surface area contributed by atoms with Gasteiger partial charge in [0, 0.05) is 5.48 Å². The summed E-state index contributed by atoms with van der Waals surface area (Å²) in [6.07, 6.45) is -3.90. The van der Waals surface area contributed by atoms with Crippen LogP contribution in [0, 0.1) is 28.6 Å². The Hall–Kier alpha value is -0.430. The second-order valence-electron chi connectivity index (χ2n) is 8.60. The first-order valence-electron chi connectivity index (χ1n) is 11.6. The molecule has 25 heavy (non-hydrogen) atoms. The largest absolute Gasteiger partial charge is 0.397 e. The van der Waals surface area contributed by atoms with E-state index in [2.05, 4.69) is 11.1 Å². The molecule has 5 nitrogen and oxygen atoms in total. The maximum atomic E-state index is 11.4. The van der Waals surface area contributed by atoms with Crippen LogP contribution in [0.5, 0.6) is 0 Å². The van der Waals surface area contributed by atoms with Gasteiger partial charge in [-0.15, -0.1) is 0 Å². The van der Waals surface area contributed by atoms with Crippen LogP contribution in [0.15, 0.2) is 11.6 Å². The molecule has 0 radical (unpaired) electrons. The molecule has 7 atom stereocenters. The molecule has 0 aromatic rings. The fourth-order valence-corrected chi connectivity index (χ4v) is 6.38. The van der Waals surface area contributed by atoms with Gasteiger partial charge in [0.15, 0.2) is 0 Å². The normalized spacial score (nSPS) is 59.7. The fraction of sp³-hybridized carbons (Fsp3) is 0.895. The van der Waals surface area contributed by atoms with Crippen LogP contribution in [-0.2, 0) is 14.6 Å². The second kappa shape index (κ2) is 5.78. The molecule has 2 N–H and O–H groups in total. The topological polar surface area (TPSA) is 83.8 Å². The molecule has 0 saturated heterocycles. The summed E-state index contributed by atoms with van der Waals surface area (Å²) in [5, 5.41) is 10.6. The van der Waals surface area contributed by atoms with Crippen LogP contribution < -0.4 is 0 Å². The maximum Gasteiger partial charge on any atom is 0.397 e. The molecule has 4 aliphatic rings. The van der Waals surface area contributed by atoms with Crippen LogP contribution in [0.3, 0.4) is 0 Å². The Balaban J connectivity index is 1.81. The van der Waals surface area contributed by atoms with E-state index >= 15 is 0 Å². The monoisotopic (exact) mass is 375 g/mol. The number of hydrogen-bond donors (Lipinski definition) is 2. The van der Waals surface area contributed by atoms with Crippen molar-refractivity contribution in [2.75, 3.05) is 0 Å². The Morgan fingerprint density at radius 2 is 2.04 bits per heavy atom. The number of hydrogen-bond acceptors (Lipinski definition) is 4. The van der Waals surface area contributed by atoms with Gasteiger partial charge in [-0.3, -0.25) is 4.55 Å². The highest BCUT2D eigenvalue weighted by Gasteiger charge is 2.58. The molecule has 0 spiro atoms. The fourth-order valence-electron chi connectivity index (χ4n) is 6.07. The standard InChI is InChI=1S/C19H30O5S/c1-18-9-7-13(24-25(21,22)23)11-12(18)3-4-14-15-5-6-17(20)19(15,2)10-8-16(14)18/h3,13-17,20H,4-11H2,1-2H3,(H,21,22,23)/t13-,14-,15-,16-,17-,18-,19-/m0/s1/i7D2,11D2,13D. The summed E-state index contributed by atoms with van der Waals surface area (Å²) >= 11 is 0. The third-order valence-electron chi connectivity index (χ3n) is 7.47. The molecule has 4 rings (SSSR count). The first-order chi connectivity index (χ1) is 13.5. The van der Waals surface area contributed by atoms with Crippen LogP contribution in [0.4, 0.5) is 0 Å². The van der Waals surface area contributed by atoms with Crippen LogP contribution in [0.2, 0.25) is 0 Å². The molecule has 6 heteroatoms. The van der Waals surface area contributed by atoms with Crippen LogP contribution in [0.1, 0.15) is 72.0 Å². The van der Waals surface area contributed by atoms with E-state index in [0.717, 1.165) is 19.3 Å². The first kappa shape index (κ1) is 12.9. The Bertz CT molecular complexity index is 892. The Morgan fingerprint density at radius 3 is 2.76 bits per heavy atom. The number of rotatable bonds is 2. The van der Waals surface area contributed by atoms with Gasteiger partial charge in [-0.1, -0.05) is 25.5 Å². The maximum absolute atomic E-state index is 11.4. The zero-order valence-corrected chi connectivity index (χ0v) is 15.5. The average molecular weight is 376 g/mol. The lowest BCUT2D eigenvalue weighted by Gasteiger charge is -2.57. The van der Waals surface area contributed by atoms with E-state index in [0.29, 0.717) is 12.8 Å². The molecule has 142 valence electrons. The molecular weight excluding hydrogens is 340 g/mol. The van der Waals surface area contributed by atoms with Crippen molar-refractivity contribution in [1.29, 1.82) is 0 Å². The van der Waals surface area contributed by atoms with Gasteiger partial charge >= 0.3 is 10.4 Å². The molecular formula is C19H30O5S. The van der Waals surface area contributed by atoms with E-state index in [4.69, 9.17) is 11.4 Å². The van der Waals surface area contributed by atoms with Crippen LogP contribution in [-0.4, -0.2) is 30.3 Å². The SMILES string of the molecule is [2H]C1([2H])C[C@@]2(C)C(=CC[C@H]3[C@@H]4CC[C@H](O)[C@@]4(C)CC[C@@H]32)C([2H])([2H])[C@@]1([2H])OS(=O)(=O)O. The van der Waals surface area contributed by atoms with Crippen molar-refractivity contribution in [3.05, 3.63) is 11.6 Å². The molecule has 4 aliphatic carbocycles. The third kappa shape index (κ3) is 2.80. The lowest BCUT2D eigenvalue weighted by atomic mass is 9.48. The number of fused-ring (bicyclic) bond motifs is 5. The van der Waals surface area contributed by atoms with Crippen LogP contribution in [0.25, 0.3) is 0 Å². The lowest BCUT2D eigenvalue weighted by Crippen LogP contribution is -2.51. The minimum Gasteiger partial charge on any atom is -0.393 e. The van der Waals surface area contributed by atoms with E-state index in [9.17, 15) is 13.5 Å². The Kier molecular flexibility index (Phi) is 2.98. The van der Waals surface area contributed by atoms with Gasteiger partial charge < -0.3 is 5.11 Å². The van der Waals surface area contributed by atoms with Gasteiger partial charge in [-0.05, 0) is 79.9 Å². The number of aliphatic hydroxyl groups is 1. The predicted molar refractivity (Wildman–Crippen MR) is 94.1 cm³/mol. The minimum atomic E-state index is -5.25. The molecule has 0 amide bonds. The minimum absolute atomic E-state index is 0.0405. The zero-order chi connectivity index (χ0) is 22.5. The lowest BCUT2D eigenvalue weighted by molar-refractivity contribution is -0.0703. The highest BCUT2D eigenvalue weighted by atomic mass is 32.3. The van der Waals surface area contributed by atoms with Crippen molar-refractivity contribution in [2.45, 2.75) is 77.3 Å². The molecule has 0 aromatic carbocycles. The summed E-state index contributed by atoms with van der Waals surface area (Å²) in [5.74, 6) is 0.387. The summed E-state index contributed by atoms with van der Waals surface area (Å²) in [4.78, 5) is 0. The molecule has 0 aliphatic heterocycles. The van der Waals surface area contributed by atoms with Crippen molar-refractivity contribution in [3.8, 4) is 0 Å². The average Bonchev–Trinajstić information content (AvgIpc) is 2.87. The van der Waals surface area contributed by atoms with Crippen molar-refractivity contribution < 1.29 is 29.1 Å². The molecule has 0 aromatic heterocycles. The summed E-state index contributed by atoms with van der Waals surface area (Å²) in [6.45, 7) is 3.92. The molecule has 0 unspecified atom stereocenters. The van der Waals surface area contributed by atoms with Gasteiger partial charge in [0.25, 0.3) is 0 Å². The smallest absolute Gasteiger partial charge is 0.393 e. The molecule has 3 fully saturated rings. The summed E-state index contributed by atoms with van der Waals surface area (Å²) in [6, 6.07) is 0. The Morgan fingerprint density at radius 1 is 1.28 bits per heavy atom. The van der Waals surface area contributed by atoms with E-state index in [1.165, 1.54) is 0 Å². The zero-order valence-electron chi connectivity index (χ0n) is 19.7. The van der Waals surface area contributed by atoms with Crippen molar-refractivity contribution in [2.24, 2.45) is 28.6 Å². The van der Waals surface area contributed by atoms with Gasteiger partial charge in [0.1, 0.15) is 0 Å². The summed E-state index contributed by atoms with van der Waals surface area (Å²) in [5.41, 5.74) is -0.923. The van der Waals surface area contributed by atoms with Crippen molar-refractivity contribution in [3.63, 3.8) is 0 Å². The molecule has 0 heterocycles. The van der Waals surface area contributed by atoms with Crippen molar-refractivity contribution >= 4 is 10.4 Å². The molecule has 3 saturated carbocycles. The first-order valence-corrected chi connectivity index (χ1v) is 10.4. The Labute approximate surface area is 157 Å².